The highest BCUT2D eigenvalue weighted by Crippen LogP contribution is 2.34. The summed E-state index contributed by atoms with van der Waals surface area (Å²) in [6, 6.07) is -0.0455. The Kier molecular flexibility index (Phi) is 5.14. The summed E-state index contributed by atoms with van der Waals surface area (Å²) in [7, 11) is 0. The molecule has 154 valence electrons. The Labute approximate surface area is 170 Å². The van der Waals surface area contributed by atoms with Gasteiger partial charge in [-0.05, 0) is 30.1 Å². The SMILES string of the molecule is CCn1c(-c2nonc2N)nc2c(Cl)ncc(OCC[C@@H]3CCCN3C(=O)O)c21. The van der Waals surface area contributed by atoms with E-state index in [1.807, 2.05) is 11.5 Å². The van der Waals surface area contributed by atoms with Crippen LogP contribution in [0.3, 0.4) is 0 Å². The van der Waals surface area contributed by atoms with Gasteiger partial charge in [-0.2, -0.15) is 0 Å². The molecule has 1 aliphatic rings. The Morgan fingerprint density at radius 3 is 3.00 bits per heavy atom. The molecule has 0 spiro atoms. The number of nitrogen functional groups attached to an aromatic ring is 1. The molecule has 3 aromatic heterocycles. The number of carbonyl (C=O) groups is 1. The standard InChI is InChI=1S/C17H20ClN7O4/c1-2-24-13-10(28-7-5-9-4-3-6-25(9)17(26)27)8-20-14(18)11(13)21-16(24)12-15(19)23-29-22-12/h8-9H,2-7H2,1H3,(H2,19,23)(H,26,27)/t9-/m0/s1. The summed E-state index contributed by atoms with van der Waals surface area (Å²) in [4.78, 5) is 21.5. The molecule has 0 saturated carbocycles. The Balaban J connectivity index is 1.63. The van der Waals surface area contributed by atoms with E-state index < -0.39 is 6.09 Å². The molecule has 4 heterocycles. The van der Waals surface area contributed by atoms with Crippen molar-refractivity contribution in [1.29, 1.82) is 0 Å². The molecule has 29 heavy (non-hydrogen) atoms. The molecule has 0 aliphatic carbocycles. The maximum absolute atomic E-state index is 11.3. The van der Waals surface area contributed by atoms with Crippen LogP contribution in [0.25, 0.3) is 22.6 Å². The average molecular weight is 422 g/mol. The smallest absolute Gasteiger partial charge is 0.407 e. The normalized spacial score (nSPS) is 16.6. The molecule has 12 heteroatoms. The highest BCUT2D eigenvalue weighted by Gasteiger charge is 2.28. The lowest BCUT2D eigenvalue weighted by molar-refractivity contribution is 0.133. The molecule has 3 N–H and O–H groups in total. The van der Waals surface area contributed by atoms with Gasteiger partial charge >= 0.3 is 6.09 Å². The van der Waals surface area contributed by atoms with Gasteiger partial charge in [0.25, 0.3) is 0 Å². The summed E-state index contributed by atoms with van der Waals surface area (Å²) in [5, 5.41) is 16.9. The van der Waals surface area contributed by atoms with Crippen molar-refractivity contribution in [3.05, 3.63) is 11.3 Å². The third-order valence-electron chi connectivity index (χ3n) is 5.06. The van der Waals surface area contributed by atoms with Gasteiger partial charge in [0.1, 0.15) is 11.0 Å². The molecule has 0 radical (unpaired) electrons. The van der Waals surface area contributed by atoms with Crippen LogP contribution in [0.5, 0.6) is 5.75 Å². The maximum atomic E-state index is 11.3. The fourth-order valence-corrected chi connectivity index (χ4v) is 3.90. The third-order valence-corrected chi connectivity index (χ3v) is 5.34. The Bertz CT molecular complexity index is 1050. The van der Waals surface area contributed by atoms with E-state index in [9.17, 15) is 9.90 Å². The second kappa shape index (κ2) is 7.74. The van der Waals surface area contributed by atoms with E-state index in [2.05, 4.69) is 20.3 Å². The predicted molar refractivity (Wildman–Crippen MR) is 104 cm³/mol. The zero-order valence-corrected chi connectivity index (χ0v) is 16.5. The number of anilines is 1. The van der Waals surface area contributed by atoms with Crippen LogP contribution in [0.4, 0.5) is 10.6 Å². The molecule has 1 fully saturated rings. The number of ether oxygens (including phenoxy) is 1. The Morgan fingerprint density at radius 2 is 2.31 bits per heavy atom. The second-order valence-electron chi connectivity index (χ2n) is 6.70. The number of hydrogen-bond donors (Lipinski definition) is 2. The van der Waals surface area contributed by atoms with Crippen LogP contribution in [0.1, 0.15) is 26.2 Å². The Morgan fingerprint density at radius 1 is 1.48 bits per heavy atom. The van der Waals surface area contributed by atoms with Crippen molar-refractivity contribution in [1.82, 2.24) is 29.7 Å². The van der Waals surface area contributed by atoms with E-state index in [1.165, 1.54) is 11.1 Å². The van der Waals surface area contributed by atoms with Gasteiger partial charge in [0.15, 0.2) is 28.2 Å². The van der Waals surface area contributed by atoms with Crippen molar-refractivity contribution in [2.75, 3.05) is 18.9 Å². The van der Waals surface area contributed by atoms with Crippen LogP contribution >= 0.6 is 11.6 Å². The van der Waals surface area contributed by atoms with Crippen LogP contribution < -0.4 is 10.5 Å². The number of rotatable bonds is 6. The fraction of sp³-hybridized carbons (Fsp3) is 0.471. The summed E-state index contributed by atoms with van der Waals surface area (Å²) in [5.41, 5.74) is 7.26. The van der Waals surface area contributed by atoms with Crippen molar-refractivity contribution in [2.24, 2.45) is 0 Å². The number of halogens is 1. The molecule has 1 amide bonds. The molecule has 0 bridgehead atoms. The van der Waals surface area contributed by atoms with E-state index in [1.54, 1.807) is 0 Å². The summed E-state index contributed by atoms with van der Waals surface area (Å²) in [6.07, 6.45) is 2.93. The summed E-state index contributed by atoms with van der Waals surface area (Å²) in [6.45, 7) is 3.39. The fourth-order valence-electron chi connectivity index (χ4n) is 3.72. The molecular formula is C17H20ClN7O4. The van der Waals surface area contributed by atoms with E-state index in [4.69, 9.17) is 26.7 Å². The van der Waals surface area contributed by atoms with Gasteiger partial charge in [-0.15, -0.1) is 0 Å². The van der Waals surface area contributed by atoms with Crippen LogP contribution in [0.15, 0.2) is 10.8 Å². The number of carboxylic acid groups (broad SMARTS) is 1. The van der Waals surface area contributed by atoms with Crippen LogP contribution in [0, 0.1) is 0 Å². The van der Waals surface area contributed by atoms with Gasteiger partial charge in [0.05, 0.1) is 12.8 Å². The minimum atomic E-state index is -0.893. The molecule has 11 nitrogen and oxygen atoms in total. The number of pyridine rings is 1. The lowest BCUT2D eigenvalue weighted by atomic mass is 10.1. The number of likely N-dealkylation sites (tertiary alicyclic amines) is 1. The number of hydrogen-bond acceptors (Lipinski definition) is 8. The Hall–Kier alpha value is -3.08. The molecule has 0 aromatic carbocycles. The van der Waals surface area contributed by atoms with E-state index >= 15 is 0 Å². The minimum absolute atomic E-state index is 0.0455. The van der Waals surface area contributed by atoms with E-state index in [0.29, 0.717) is 54.4 Å². The summed E-state index contributed by atoms with van der Waals surface area (Å²) >= 11 is 6.26. The average Bonchev–Trinajstić information content (AvgIpc) is 3.41. The maximum Gasteiger partial charge on any atom is 0.407 e. The first kappa shape index (κ1) is 19.2. The largest absolute Gasteiger partial charge is 0.490 e. The van der Waals surface area contributed by atoms with Gasteiger partial charge in [-0.25, -0.2) is 19.4 Å². The number of nitrogens with two attached hydrogens (primary N) is 1. The lowest BCUT2D eigenvalue weighted by Crippen LogP contribution is -2.35. The third kappa shape index (κ3) is 3.41. The molecule has 3 aromatic rings. The van der Waals surface area contributed by atoms with Gasteiger partial charge < -0.3 is 25.0 Å². The highest BCUT2D eigenvalue weighted by molar-refractivity contribution is 6.34. The first-order valence-corrected chi connectivity index (χ1v) is 9.64. The minimum Gasteiger partial charge on any atom is -0.490 e. The second-order valence-corrected chi connectivity index (χ2v) is 7.06. The van der Waals surface area contributed by atoms with Crippen LogP contribution in [-0.2, 0) is 6.54 Å². The first-order valence-electron chi connectivity index (χ1n) is 9.26. The van der Waals surface area contributed by atoms with Gasteiger partial charge in [-0.1, -0.05) is 11.6 Å². The van der Waals surface area contributed by atoms with Crippen molar-refractivity contribution in [3.8, 4) is 17.3 Å². The van der Waals surface area contributed by atoms with Crippen LogP contribution in [-0.4, -0.2) is 60.1 Å². The molecule has 1 aliphatic heterocycles. The number of aryl methyl sites for hydroxylation is 1. The molecular weight excluding hydrogens is 402 g/mol. The quantitative estimate of drug-likeness (QED) is 0.573. The number of amides is 1. The van der Waals surface area contributed by atoms with E-state index in [0.717, 1.165) is 12.8 Å². The van der Waals surface area contributed by atoms with Crippen molar-refractivity contribution in [2.45, 2.75) is 38.8 Å². The van der Waals surface area contributed by atoms with E-state index in [-0.39, 0.29) is 17.0 Å². The van der Waals surface area contributed by atoms with Crippen molar-refractivity contribution < 1.29 is 19.3 Å². The zero-order valence-electron chi connectivity index (χ0n) is 15.7. The summed E-state index contributed by atoms with van der Waals surface area (Å²) in [5.74, 6) is 1.07. The molecule has 1 saturated heterocycles. The summed E-state index contributed by atoms with van der Waals surface area (Å²) < 4.78 is 12.5. The van der Waals surface area contributed by atoms with Gasteiger partial charge in [-0.3, -0.25) is 0 Å². The van der Waals surface area contributed by atoms with Crippen molar-refractivity contribution in [3.63, 3.8) is 0 Å². The molecule has 4 rings (SSSR count). The van der Waals surface area contributed by atoms with Gasteiger partial charge in [0.2, 0.25) is 0 Å². The predicted octanol–water partition coefficient (Wildman–Crippen LogP) is 2.65. The zero-order chi connectivity index (χ0) is 20.5. The number of aromatic nitrogens is 5. The number of fused-ring (bicyclic) bond motifs is 1. The van der Waals surface area contributed by atoms with Crippen LogP contribution in [0.2, 0.25) is 5.15 Å². The molecule has 1 atom stereocenters. The van der Waals surface area contributed by atoms with Gasteiger partial charge in [0, 0.05) is 25.6 Å². The highest BCUT2D eigenvalue weighted by atomic mass is 35.5. The first-order chi connectivity index (χ1) is 14.0. The monoisotopic (exact) mass is 421 g/mol. The van der Waals surface area contributed by atoms with Crippen molar-refractivity contribution >= 4 is 34.5 Å². The number of imidazole rings is 1. The topological polar surface area (TPSA) is 145 Å². The number of nitrogens with zero attached hydrogens (tertiary/aromatic N) is 6. The lowest BCUT2D eigenvalue weighted by Gasteiger charge is -2.21. The molecule has 0 unspecified atom stereocenters.